The van der Waals surface area contributed by atoms with Crippen LogP contribution in [-0.4, -0.2) is 29.0 Å². The lowest BCUT2D eigenvalue weighted by molar-refractivity contribution is 0.201. The van der Waals surface area contributed by atoms with E-state index >= 15 is 0 Å². The highest BCUT2D eigenvalue weighted by atomic mass is 35.5. The predicted octanol–water partition coefficient (Wildman–Crippen LogP) is 12.1. The Morgan fingerprint density at radius 3 is 1.75 bits per heavy atom. The van der Waals surface area contributed by atoms with Gasteiger partial charge in [0, 0.05) is 49.7 Å². The summed E-state index contributed by atoms with van der Waals surface area (Å²) in [5.74, 6) is 0. The van der Waals surface area contributed by atoms with Gasteiger partial charge in [0.15, 0.2) is 0 Å². The third kappa shape index (κ3) is 9.83. The third-order valence-electron chi connectivity index (χ3n) is 11.1. The molecule has 0 saturated carbocycles. The van der Waals surface area contributed by atoms with E-state index < -0.39 is 0 Å². The monoisotopic (exact) mass is 721 g/mol. The molecule has 0 N–H and O–H groups in total. The number of piperidine rings is 1. The molecular formula is C46H57Cl2N3. The summed E-state index contributed by atoms with van der Waals surface area (Å²) in [6, 6.07) is 33.0. The number of pyridine rings is 1. The fourth-order valence-electron chi connectivity index (χ4n) is 7.43. The van der Waals surface area contributed by atoms with E-state index in [0.717, 1.165) is 51.1 Å². The summed E-state index contributed by atoms with van der Waals surface area (Å²) in [5, 5.41) is 0. The molecule has 1 aromatic heterocycles. The molecule has 5 aromatic rings. The average molecular weight is 723 g/mol. The molecule has 1 saturated heterocycles. The summed E-state index contributed by atoms with van der Waals surface area (Å²) in [4.78, 5) is 10.1. The number of nitrogens with zero attached hydrogens (tertiary/aromatic N) is 3. The van der Waals surface area contributed by atoms with Crippen LogP contribution in [-0.2, 0) is 19.5 Å². The molecule has 0 spiro atoms. The van der Waals surface area contributed by atoms with Crippen LogP contribution >= 0.6 is 24.8 Å². The van der Waals surface area contributed by atoms with Crippen molar-refractivity contribution in [1.29, 1.82) is 0 Å². The summed E-state index contributed by atoms with van der Waals surface area (Å²) in [6.07, 6.45) is 7.94. The minimum Gasteiger partial charge on any atom is -0.364 e. The first kappa shape index (κ1) is 40.1. The van der Waals surface area contributed by atoms with E-state index in [1.54, 1.807) is 0 Å². The van der Waals surface area contributed by atoms with Gasteiger partial charge < -0.3 is 4.90 Å². The Balaban J connectivity index is 0.00000292. The van der Waals surface area contributed by atoms with Gasteiger partial charge in [-0.3, -0.25) is 9.88 Å². The van der Waals surface area contributed by atoms with Gasteiger partial charge in [-0.15, -0.1) is 24.8 Å². The van der Waals surface area contributed by atoms with Gasteiger partial charge in [0.25, 0.3) is 0 Å². The zero-order valence-corrected chi connectivity index (χ0v) is 33.4. The standard InChI is InChI=1S/C46H55N3.2ClH/c1-8-9-10-38-13-17-44(18-14-38)49(31-39-11-15-41(16-12-39)42-25-32(2)36(6)33(3)26-42)45-20-23-48(24-21-45)30-40-19-22-47-46(29-40)43-27-34(4)37(7)35(5)28-43;;/h11-19,22,25-29,45H,8-10,20-21,23-24,30-31H2,1-7H3;2*1H. The lowest BCUT2D eigenvalue weighted by Gasteiger charge is -2.40. The molecule has 270 valence electrons. The first-order chi connectivity index (χ1) is 23.7. The Morgan fingerprint density at radius 2 is 1.18 bits per heavy atom. The second-order valence-electron chi connectivity index (χ2n) is 14.6. The van der Waals surface area contributed by atoms with Crippen LogP contribution < -0.4 is 4.90 Å². The van der Waals surface area contributed by atoms with Crippen molar-refractivity contribution in [3.8, 4) is 22.4 Å². The van der Waals surface area contributed by atoms with Crippen LogP contribution in [0.4, 0.5) is 5.69 Å². The third-order valence-corrected chi connectivity index (χ3v) is 11.1. The van der Waals surface area contributed by atoms with Crippen molar-refractivity contribution in [3.63, 3.8) is 0 Å². The molecule has 5 heteroatoms. The molecule has 2 heterocycles. The Morgan fingerprint density at radius 1 is 0.627 bits per heavy atom. The van der Waals surface area contributed by atoms with Gasteiger partial charge in [0.2, 0.25) is 0 Å². The van der Waals surface area contributed by atoms with Crippen LogP contribution in [0.15, 0.2) is 91.1 Å². The SMILES string of the molecule is CCCCc1ccc(N(Cc2ccc(-c3cc(C)c(C)c(C)c3)cc2)C2CCN(Cc3ccnc(-c4cc(C)c(C)c(C)c4)c3)CC2)cc1.Cl.Cl. The van der Waals surface area contributed by atoms with E-state index in [1.165, 1.54) is 85.3 Å². The minimum absolute atomic E-state index is 0. The minimum atomic E-state index is 0. The van der Waals surface area contributed by atoms with Gasteiger partial charge in [-0.05, 0) is 165 Å². The molecule has 3 nitrogen and oxygen atoms in total. The molecule has 51 heavy (non-hydrogen) atoms. The van der Waals surface area contributed by atoms with E-state index in [1.807, 2.05) is 6.20 Å². The molecule has 4 aromatic carbocycles. The first-order valence-electron chi connectivity index (χ1n) is 18.5. The van der Waals surface area contributed by atoms with Crippen LogP contribution in [0.2, 0.25) is 0 Å². The summed E-state index contributed by atoms with van der Waals surface area (Å²) >= 11 is 0. The van der Waals surface area contributed by atoms with Crippen molar-refractivity contribution in [2.45, 2.75) is 99.7 Å². The largest absolute Gasteiger partial charge is 0.364 e. The van der Waals surface area contributed by atoms with E-state index in [0.29, 0.717) is 6.04 Å². The van der Waals surface area contributed by atoms with Crippen molar-refractivity contribution < 1.29 is 0 Å². The molecule has 1 aliphatic heterocycles. The number of halogens is 2. The second kappa shape index (κ2) is 18.2. The number of hydrogen-bond donors (Lipinski definition) is 0. The summed E-state index contributed by atoms with van der Waals surface area (Å²) in [6.45, 7) is 19.6. The molecule has 1 fully saturated rings. The van der Waals surface area contributed by atoms with Crippen LogP contribution in [0.25, 0.3) is 22.4 Å². The molecule has 0 aliphatic carbocycles. The first-order valence-corrected chi connectivity index (χ1v) is 18.5. The van der Waals surface area contributed by atoms with Crippen molar-refractivity contribution in [1.82, 2.24) is 9.88 Å². The zero-order valence-electron chi connectivity index (χ0n) is 31.8. The van der Waals surface area contributed by atoms with Crippen molar-refractivity contribution in [3.05, 3.63) is 141 Å². The summed E-state index contributed by atoms with van der Waals surface area (Å²) in [5.41, 5.74) is 18.5. The van der Waals surface area contributed by atoms with Gasteiger partial charge in [-0.1, -0.05) is 61.9 Å². The van der Waals surface area contributed by atoms with Crippen LogP contribution in [0.5, 0.6) is 0 Å². The Hall–Kier alpha value is -3.63. The smallest absolute Gasteiger partial charge is 0.0705 e. The average Bonchev–Trinajstić information content (AvgIpc) is 3.11. The number of unbranched alkanes of at least 4 members (excludes halogenated alkanes) is 1. The number of rotatable bonds is 11. The lowest BCUT2D eigenvalue weighted by atomic mass is 9.95. The predicted molar refractivity (Wildman–Crippen MR) is 224 cm³/mol. The van der Waals surface area contributed by atoms with Crippen molar-refractivity contribution >= 4 is 30.5 Å². The van der Waals surface area contributed by atoms with Gasteiger partial charge in [-0.2, -0.15) is 0 Å². The number of aromatic nitrogens is 1. The summed E-state index contributed by atoms with van der Waals surface area (Å²) in [7, 11) is 0. The number of hydrogen-bond acceptors (Lipinski definition) is 3. The Labute approximate surface area is 320 Å². The van der Waals surface area contributed by atoms with Crippen LogP contribution in [0, 0.1) is 41.5 Å². The normalized spacial score (nSPS) is 13.4. The molecule has 0 radical (unpaired) electrons. The Kier molecular flexibility index (Phi) is 14.3. The van der Waals surface area contributed by atoms with Crippen molar-refractivity contribution in [2.24, 2.45) is 0 Å². The maximum absolute atomic E-state index is 4.75. The van der Waals surface area contributed by atoms with E-state index in [9.17, 15) is 0 Å². The number of aryl methyl sites for hydroxylation is 5. The molecule has 1 aliphatic rings. The van der Waals surface area contributed by atoms with Gasteiger partial charge >= 0.3 is 0 Å². The fraction of sp³-hybridized carbons (Fsp3) is 0.370. The molecule has 0 unspecified atom stereocenters. The highest BCUT2D eigenvalue weighted by Gasteiger charge is 2.25. The number of benzene rings is 4. The molecule has 0 amide bonds. The quantitative estimate of drug-likeness (QED) is 0.135. The summed E-state index contributed by atoms with van der Waals surface area (Å²) < 4.78 is 0. The molecule has 0 atom stereocenters. The lowest BCUT2D eigenvalue weighted by Crippen LogP contribution is -2.44. The van der Waals surface area contributed by atoms with Gasteiger partial charge in [0.1, 0.15) is 0 Å². The fourth-order valence-corrected chi connectivity index (χ4v) is 7.43. The number of likely N-dealkylation sites (tertiary alicyclic amines) is 1. The van der Waals surface area contributed by atoms with E-state index in [-0.39, 0.29) is 24.8 Å². The van der Waals surface area contributed by atoms with Gasteiger partial charge in [-0.25, -0.2) is 0 Å². The second-order valence-corrected chi connectivity index (χ2v) is 14.6. The highest BCUT2D eigenvalue weighted by Crippen LogP contribution is 2.30. The van der Waals surface area contributed by atoms with E-state index in [4.69, 9.17) is 4.98 Å². The van der Waals surface area contributed by atoms with Crippen molar-refractivity contribution in [2.75, 3.05) is 18.0 Å². The maximum atomic E-state index is 4.75. The number of anilines is 1. The van der Waals surface area contributed by atoms with Crippen LogP contribution in [0.3, 0.4) is 0 Å². The molecular weight excluding hydrogens is 665 g/mol. The highest BCUT2D eigenvalue weighted by molar-refractivity contribution is 5.85. The van der Waals surface area contributed by atoms with E-state index in [2.05, 4.69) is 143 Å². The molecule has 6 rings (SSSR count). The van der Waals surface area contributed by atoms with Gasteiger partial charge in [0.05, 0.1) is 5.69 Å². The Bertz CT molecular complexity index is 1830. The maximum Gasteiger partial charge on any atom is 0.0705 e. The topological polar surface area (TPSA) is 19.4 Å². The molecule has 0 bridgehead atoms. The van der Waals surface area contributed by atoms with Crippen LogP contribution in [0.1, 0.15) is 82.7 Å². The zero-order chi connectivity index (χ0) is 34.5.